The Balaban J connectivity index is 1.84. The highest BCUT2D eigenvalue weighted by molar-refractivity contribution is 7.16. The normalized spacial score (nSPS) is 12.5. The van der Waals surface area contributed by atoms with Gasteiger partial charge in [-0.3, -0.25) is 4.79 Å². The van der Waals surface area contributed by atoms with E-state index in [9.17, 15) is 15.0 Å². The van der Waals surface area contributed by atoms with Crippen molar-refractivity contribution < 1.29 is 15.0 Å². The second-order valence-electron chi connectivity index (χ2n) is 13.9. The first kappa shape index (κ1) is 33.9. The van der Waals surface area contributed by atoms with Gasteiger partial charge in [0.05, 0.1) is 9.75 Å². The summed E-state index contributed by atoms with van der Waals surface area (Å²) in [6.45, 7) is 19.8. The molecular formula is C37H48N2O3S2. The molecule has 0 unspecified atom stereocenters. The first-order chi connectivity index (χ1) is 20.6. The zero-order valence-electron chi connectivity index (χ0n) is 28.0. The van der Waals surface area contributed by atoms with E-state index in [1.165, 1.54) is 22.7 Å². The summed E-state index contributed by atoms with van der Waals surface area (Å²) in [7, 11) is 4.08. The van der Waals surface area contributed by atoms with Gasteiger partial charge in [0.2, 0.25) is 5.78 Å². The summed E-state index contributed by atoms with van der Waals surface area (Å²) in [6, 6.07) is 12.2. The van der Waals surface area contributed by atoms with Crippen molar-refractivity contribution in [3.8, 4) is 33.8 Å². The summed E-state index contributed by atoms with van der Waals surface area (Å²) >= 11 is 2.92. The number of aromatic hydroxyl groups is 2. The third kappa shape index (κ3) is 7.12. The van der Waals surface area contributed by atoms with E-state index in [-0.39, 0.29) is 16.6 Å². The number of phenols is 2. The van der Waals surface area contributed by atoms with Crippen LogP contribution in [-0.4, -0.2) is 53.0 Å². The third-order valence-corrected chi connectivity index (χ3v) is 10.1. The third-order valence-electron chi connectivity index (χ3n) is 8.32. The van der Waals surface area contributed by atoms with Crippen LogP contribution in [0.4, 0.5) is 0 Å². The summed E-state index contributed by atoms with van der Waals surface area (Å²) in [5.74, 6) is 0.656. The molecule has 2 N–H and O–H groups in total. The molecule has 0 bridgehead atoms. The highest BCUT2D eigenvalue weighted by atomic mass is 32.1. The molecule has 2 heterocycles. The fraction of sp³-hybridized carbons (Fsp3) is 0.432. The fourth-order valence-corrected chi connectivity index (χ4v) is 7.21. The van der Waals surface area contributed by atoms with Crippen LogP contribution in [0.15, 0.2) is 47.2 Å². The maximum Gasteiger partial charge on any atom is 0.214 e. The van der Waals surface area contributed by atoms with E-state index >= 15 is 0 Å². The lowest BCUT2D eigenvalue weighted by atomic mass is 9.82. The van der Waals surface area contributed by atoms with E-state index in [0.29, 0.717) is 34.3 Å². The molecule has 2 aromatic carbocycles. The average molecular weight is 633 g/mol. The molecule has 4 aromatic rings. The van der Waals surface area contributed by atoms with E-state index in [1.54, 1.807) is 0 Å². The van der Waals surface area contributed by atoms with Crippen molar-refractivity contribution in [3.63, 3.8) is 0 Å². The highest BCUT2D eigenvalue weighted by Crippen LogP contribution is 2.43. The van der Waals surface area contributed by atoms with Gasteiger partial charge in [0.15, 0.2) is 0 Å². The van der Waals surface area contributed by atoms with Crippen LogP contribution in [0.3, 0.4) is 0 Å². The van der Waals surface area contributed by atoms with Crippen LogP contribution < -0.4 is 0 Å². The van der Waals surface area contributed by atoms with Gasteiger partial charge in [-0.2, -0.15) is 0 Å². The molecule has 0 saturated carbocycles. The van der Waals surface area contributed by atoms with Crippen LogP contribution >= 0.6 is 22.7 Å². The molecule has 4 rings (SSSR count). The van der Waals surface area contributed by atoms with E-state index in [1.807, 2.05) is 61.3 Å². The zero-order chi connectivity index (χ0) is 32.6. The summed E-state index contributed by atoms with van der Waals surface area (Å²) in [5.41, 5.74) is 6.59. The van der Waals surface area contributed by atoms with Gasteiger partial charge in [0.1, 0.15) is 11.5 Å². The molecule has 0 radical (unpaired) electrons. The molecular weight excluding hydrogens is 585 g/mol. The van der Waals surface area contributed by atoms with Gasteiger partial charge in [0.25, 0.3) is 0 Å². The Morgan fingerprint density at radius 1 is 0.682 bits per heavy atom. The highest BCUT2D eigenvalue weighted by Gasteiger charge is 2.27. The van der Waals surface area contributed by atoms with Crippen molar-refractivity contribution in [2.24, 2.45) is 0 Å². The Morgan fingerprint density at radius 2 is 1.05 bits per heavy atom. The molecule has 0 aliphatic carbocycles. The number of ketones is 1. The quantitative estimate of drug-likeness (QED) is 0.171. The summed E-state index contributed by atoms with van der Waals surface area (Å²) in [5, 5.41) is 26.5. The summed E-state index contributed by atoms with van der Waals surface area (Å²) in [6.07, 6.45) is 0. The number of carbonyl (C=O) groups excluding carboxylic acids is 1. The minimum atomic E-state index is -0.270. The largest absolute Gasteiger partial charge is 0.507 e. The first-order valence-electron chi connectivity index (χ1n) is 15.4. The standard InChI is InChI=1S/C37H48N2O3S2/c1-11-38(9)21-25-17-23(19-29(31(25)40)36(3,4)5)27-13-15-43-34(27)33(42)35-28(14-16-44-35)24-18-26(22-39(10)12-2)32(41)30(20-24)37(6,7)8/h13-20,40-41H,11-12,21-22H2,1-10H3. The lowest BCUT2D eigenvalue weighted by Gasteiger charge is -2.25. The molecule has 0 aliphatic rings. The van der Waals surface area contributed by atoms with E-state index < -0.39 is 0 Å². The van der Waals surface area contributed by atoms with Crippen molar-refractivity contribution in [1.82, 2.24) is 9.80 Å². The van der Waals surface area contributed by atoms with Gasteiger partial charge in [-0.25, -0.2) is 0 Å². The maximum absolute atomic E-state index is 14.4. The van der Waals surface area contributed by atoms with Crippen LogP contribution in [0, 0.1) is 0 Å². The van der Waals surface area contributed by atoms with Crippen molar-refractivity contribution in [2.75, 3.05) is 27.2 Å². The molecule has 0 amide bonds. The van der Waals surface area contributed by atoms with Crippen LogP contribution in [0.25, 0.3) is 22.3 Å². The molecule has 0 aliphatic heterocycles. The smallest absolute Gasteiger partial charge is 0.214 e. The average Bonchev–Trinajstić information content (AvgIpc) is 3.64. The fourth-order valence-electron chi connectivity index (χ4n) is 5.42. The number of rotatable bonds is 10. The molecule has 5 nitrogen and oxygen atoms in total. The maximum atomic E-state index is 14.4. The Labute approximate surface area is 271 Å². The number of nitrogens with zero attached hydrogens (tertiary/aromatic N) is 2. The molecule has 44 heavy (non-hydrogen) atoms. The first-order valence-corrected chi connectivity index (χ1v) is 17.1. The van der Waals surface area contributed by atoms with Crippen LogP contribution in [0.2, 0.25) is 0 Å². The molecule has 0 saturated heterocycles. The second-order valence-corrected chi connectivity index (χ2v) is 15.7. The van der Waals surface area contributed by atoms with Gasteiger partial charge in [-0.1, -0.05) is 55.4 Å². The van der Waals surface area contributed by atoms with Crippen molar-refractivity contribution in [2.45, 2.75) is 79.3 Å². The Hall–Kier alpha value is -2.97. The Bertz CT molecular complexity index is 1520. The monoisotopic (exact) mass is 632 g/mol. The molecule has 2 aromatic heterocycles. The minimum Gasteiger partial charge on any atom is -0.507 e. The number of hydrogen-bond acceptors (Lipinski definition) is 7. The summed E-state index contributed by atoms with van der Waals surface area (Å²) in [4.78, 5) is 20.1. The molecule has 236 valence electrons. The lowest BCUT2D eigenvalue weighted by molar-refractivity contribution is 0.104. The number of phenolic OH excluding ortho intramolecular Hbond substituents is 2. The topological polar surface area (TPSA) is 64.0 Å². The molecule has 0 fully saturated rings. The predicted octanol–water partition coefficient (Wildman–Crippen LogP) is 9.28. The lowest BCUT2D eigenvalue weighted by Crippen LogP contribution is -2.19. The molecule has 0 atom stereocenters. The van der Waals surface area contributed by atoms with Crippen molar-refractivity contribution in [1.29, 1.82) is 0 Å². The van der Waals surface area contributed by atoms with E-state index in [2.05, 4.69) is 65.2 Å². The van der Waals surface area contributed by atoms with Gasteiger partial charge in [0, 0.05) is 46.5 Å². The molecule has 0 spiro atoms. The van der Waals surface area contributed by atoms with Gasteiger partial charge in [-0.05, 0) is 96.3 Å². The number of carbonyl (C=O) groups is 1. The number of thiophene rings is 2. The van der Waals surface area contributed by atoms with Crippen LogP contribution in [0.5, 0.6) is 11.5 Å². The van der Waals surface area contributed by atoms with Gasteiger partial charge < -0.3 is 20.0 Å². The Kier molecular flexibility index (Phi) is 10.2. The van der Waals surface area contributed by atoms with E-state index in [0.717, 1.165) is 57.6 Å². The predicted molar refractivity (Wildman–Crippen MR) is 188 cm³/mol. The second kappa shape index (κ2) is 13.2. The van der Waals surface area contributed by atoms with Crippen LogP contribution in [0.1, 0.15) is 92.2 Å². The SMILES string of the molecule is CCN(C)Cc1cc(-c2ccsc2C(=O)c2sccc2-c2cc(CN(C)CC)c(O)c(C(C)(C)C)c2)cc(C(C)(C)C)c1O. The van der Waals surface area contributed by atoms with Gasteiger partial charge >= 0.3 is 0 Å². The van der Waals surface area contributed by atoms with Gasteiger partial charge in [-0.15, -0.1) is 22.7 Å². The molecule has 7 heteroatoms. The van der Waals surface area contributed by atoms with Crippen LogP contribution in [-0.2, 0) is 23.9 Å². The zero-order valence-corrected chi connectivity index (χ0v) is 29.6. The summed E-state index contributed by atoms with van der Waals surface area (Å²) < 4.78 is 0. The van der Waals surface area contributed by atoms with Crippen molar-refractivity contribution >= 4 is 28.5 Å². The van der Waals surface area contributed by atoms with Crippen molar-refractivity contribution in [3.05, 3.63) is 79.2 Å². The number of benzene rings is 2. The van der Waals surface area contributed by atoms with E-state index in [4.69, 9.17) is 0 Å². The minimum absolute atomic E-state index is 0.00443. The number of hydrogen-bond donors (Lipinski definition) is 2. The Morgan fingerprint density at radius 3 is 1.36 bits per heavy atom.